The SMILES string of the molecule is Cc1ccc(OC[C@@]2(O)CCCN(Cc3cccc(OCCCn4ccnc4C)c3)CC2)cc1. The van der Waals surface area contributed by atoms with Crippen LogP contribution >= 0.6 is 0 Å². The number of nitrogens with zero attached hydrogens (tertiary/aromatic N) is 3. The van der Waals surface area contributed by atoms with Crippen LogP contribution in [0.1, 0.15) is 42.6 Å². The smallest absolute Gasteiger partial charge is 0.119 e. The van der Waals surface area contributed by atoms with Crippen molar-refractivity contribution in [1.29, 1.82) is 0 Å². The van der Waals surface area contributed by atoms with Gasteiger partial charge in [-0.05, 0) is 75.9 Å². The Morgan fingerprint density at radius 2 is 1.85 bits per heavy atom. The maximum absolute atomic E-state index is 11.1. The molecule has 1 N–H and O–H groups in total. The van der Waals surface area contributed by atoms with E-state index in [2.05, 4.69) is 39.6 Å². The lowest BCUT2D eigenvalue weighted by Gasteiger charge is -2.27. The topological polar surface area (TPSA) is 59.8 Å². The van der Waals surface area contributed by atoms with Gasteiger partial charge in [-0.15, -0.1) is 0 Å². The average molecular weight is 464 g/mol. The summed E-state index contributed by atoms with van der Waals surface area (Å²) < 4.78 is 14.1. The maximum Gasteiger partial charge on any atom is 0.119 e. The molecule has 1 fully saturated rings. The molecule has 34 heavy (non-hydrogen) atoms. The lowest BCUT2D eigenvalue weighted by atomic mass is 9.96. The highest BCUT2D eigenvalue weighted by Crippen LogP contribution is 2.25. The molecule has 0 saturated carbocycles. The van der Waals surface area contributed by atoms with Crippen molar-refractivity contribution in [1.82, 2.24) is 14.5 Å². The van der Waals surface area contributed by atoms with Crippen molar-refractivity contribution in [3.8, 4) is 11.5 Å². The molecule has 6 heteroatoms. The van der Waals surface area contributed by atoms with Crippen molar-refractivity contribution in [3.63, 3.8) is 0 Å². The number of hydrogen-bond donors (Lipinski definition) is 1. The van der Waals surface area contributed by atoms with Crippen LogP contribution in [-0.4, -0.2) is 51.5 Å². The van der Waals surface area contributed by atoms with Gasteiger partial charge in [0.25, 0.3) is 0 Å². The largest absolute Gasteiger partial charge is 0.494 e. The van der Waals surface area contributed by atoms with E-state index in [1.807, 2.05) is 49.6 Å². The van der Waals surface area contributed by atoms with E-state index in [9.17, 15) is 5.11 Å². The minimum atomic E-state index is -0.780. The number of rotatable bonds is 10. The fourth-order valence-electron chi connectivity index (χ4n) is 4.45. The predicted molar refractivity (Wildman–Crippen MR) is 134 cm³/mol. The van der Waals surface area contributed by atoms with E-state index in [-0.39, 0.29) is 0 Å². The average Bonchev–Trinajstić information content (AvgIpc) is 3.15. The molecule has 0 unspecified atom stereocenters. The van der Waals surface area contributed by atoms with Gasteiger partial charge in [0.15, 0.2) is 0 Å². The van der Waals surface area contributed by atoms with E-state index in [1.165, 1.54) is 11.1 Å². The van der Waals surface area contributed by atoms with Crippen molar-refractivity contribution >= 4 is 0 Å². The van der Waals surface area contributed by atoms with Crippen molar-refractivity contribution in [2.45, 2.75) is 58.2 Å². The van der Waals surface area contributed by atoms with Gasteiger partial charge in [0.05, 0.1) is 12.2 Å². The van der Waals surface area contributed by atoms with Gasteiger partial charge in [-0.25, -0.2) is 4.98 Å². The molecule has 1 aliphatic rings. The summed E-state index contributed by atoms with van der Waals surface area (Å²) in [5, 5.41) is 11.1. The molecule has 0 bridgehead atoms. The van der Waals surface area contributed by atoms with Crippen LogP contribution in [0.5, 0.6) is 11.5 Å². The Hall–Kier alpha value is -2.83. The highest BCUT2D eigenvalue weighted by atomic mass is 16.5. The summed E-state index contributed by atoms with van der Waals surface area (Å²) in [4.78, 5) is 6.68. The number of hydrogen-bond acceptors (Lipinski definition) is 5. The Kier molecular flexibility index (Phi) is 8.25. The van der Waals surface area contributed by atoms with Gasteiger partial charge in [0, 0.05) is 32.0 Å². The number of ether oxygens (including phenoxy) is 2. The summed E-state index contributed by atoms with van der Waals surface area (Å²) in [6.45, 7) is 8.69. The van der Waals surface area contributed by atoms with Crippen LogP contribution in [0.15, 0.2) is 60.9 Å². The van der Waals surface area contributed by atoms with Gasteiger partial charge in [-0.1, -0.05) is 29.8 Å². The Labute approximate surface area is 203 Å². The van der Waals surface area contributed by atoms with E-state index in [0.29, 0.717) is 19.6 Å². The molecule has 2 heterocycles. The number of aliphatic hydroxyl groups is 1. The molecule has 1 atom stereocenters. The second-order valence-corrected chi connectivity index (χ2v) is 9.47. The summed E-state index contributed by atoms with van der Waals surface area (Å²) in [5.41, 5.74) is 1.66. The van der Waals surface area contributed by atoms with E-state index < -0.39 is 5.60 Å². The lowest BCUT2D eigenvalue weighted by molar-refractivity contribution is -0.0168. The number of likely N-dealkylation sites (tertiary alicyclic amines) is 1. The molecule has 3 aromatic rings. The van der Waals surface area contributed by atoms with Crippen molar-refractivity contribution in [2.24, 2.45) is 0 Å². The van der Waals surface area contributed by atoms with Crippen LogP contribution in [0.4, 0.5) is 0 Å². The third kappa shape index (κ3) is 7.08. The van der Waals surface area contributed by atoms with E-state index in [1.54, 1.807) is 0 Å². The molecule has 0 radical (unpaired) electrons. The molecule has 0 amide bonds. The molecule has 1 aliphatic heterocycles. The summed E-state index contributed by atoms with van der Waals surface area (Å²) in [6, 6.07) is 16.4. The zero-order valence-electron chi connectivity index (χ0n) is 20.4. The highest BCUT2D eigenvalue weighted by molar-refractivity contribution is 5.28. The van der Waals surface area contributed by atoms with Crippen LogP contribution < -0.4 is 9.47 Å². The first kappa shape index (κ1) is 24.3. The predicted octanol–water partition coefficient (Wildman–Crippen LogP) is 4.77. The molecule has 182 valence electrons. The fourth-order valence-corrected chi connectivity index (χ4v) is 4.45. The second-order valence-electron chi connectivity index (χ2n) is 9.47. The molecule has 0 aliphatic carbocycles. The zero-order valence-corrected chi connectivity index (χ0v) is 20.4. The number of imidazole rings is 1. The third-order valence-electron chi connectivity index (χ3n) is 6.58. The molecule has 1 saturated heterocycles. The highest BCUT2D eigenvalue weighted by Gasteiger charge is 2.31. The minimum Gasteiger partial charge on any atom is -0.494 e. The zero-order chi connectivity index (χ0) is 23.8. The maximum atomic E-state index is 11.1. The standard InChI is InChI=1S/C28H37N3O3/c1-23-8-10-26(11-9-23)34-22-28(32)12-4-15-30(17-13-28)21-25-6-3-7-27(20-25)33-19-5-16-31-18-14-29-24(31)2/h3,6-11,14,18,20,32H,4-5,12-13,15-17,19,21-22H2,1-2H3/t28-/m1/s1. The number of aryl methyl sites for hydroxylation is 3. The minimum absolute atomic E-state index is 0.339. The van der Waals surface area contributed by atoms with Gasteiger partial charge < -0.3 is 19.1 Å². The van der Waals surface area contributed by atoms with Crippen molar-refractivity contribution < 1.29 is 14.6 Å². The second kappa shape index (κ2) is 11.5. The van der Waals surface area contributed by atoms with Gasteiger partial charge in [-0.3, -0.25) is 4.90 Å². The molecule has 2 aromatic carbocycles. The van der Waals surface area contributed by atoms with Gasteiger partial charge >= 0.3 is 0 Å². The first-order valence-corrected chi connectivity index (χ1v) is 12.3. The van der Waals surface area contributed by atoms with Crippen LogP contribution in [0.3, 0.4) is 0 Å². The molecule has 6 nitrogen and oxygen atoms in total. The number of benzene rings is 2. The molecule has 0 spiro atoms. The molecule has 4 rings (SSSR count). The summed E-state index contributed by atoms with van der Waals surface area (Å²) >= 11 is 0. The van der Waals surface area contributed by atoms with E-state index >= 15 is 0 Å². The van der Waals surface area contributed by atoms with Crippen molar-refractivity contribution in [3.05, 3.63) is 77.9 Å². The third-order valence-corrected chi connectivity index (χ3v) is 6.58. The first-order chi connectivity index (χ1) is 16.5. The van der Waals surface area contributed by atoms with Crippen LogP contribution in [0, 0.1) is 13.8 Å². The van der Waals surface area contributed by atoms with Gasteiger partial charge in [0.1, 0.15) is 23.9 Å². The fraction of sp³-hybridized carbons (Fsp3) is 0.464. The number of aromatic nitrogens is 2. The van der Waals surface area contributed by atoms with E-state index in [4.69, 9.17) is 9.47 Å². The Balaban J connectivity index is 1.23. The molecule has 1 aromatic heterocycles. The summed E-state index contributed by atoms with van der Waals surface area (Å²) in [7, 11) is 0. The quantitative estimate of drug-likeness (QED) is 0.439. The van der Waals surface area contributed by atoms with Crippen LogP contribution in [0.2, 0.25) is 0 Å². The summed E-state index contributed by atoms with van der Waals surface area (Å²) in [6.07, 6.45) is 7.21. The Morgan fingerprint density at radius 1 is 1.00 bits per heavy atom. The Morgan fingerprint density at radius 3 is 2.65 bits per heavy atom. The van der Waals surface area contributed by atoms with Gasteiger partial charge in [-0.2, -0.15) is 0 Å². The summed E-state index contributed by atoms with van der Waals surface area (Å²) in [5.74, 6) is 2.77. The monoisotopic (exact) mass is 463 g/mol. The first-order valence-electron chi connectivity index (χ1n) is 12.3. The van der Waals surface area contributed by atoms with Crippen molar-refractivity contribution in [2.75, 3.05) is 26.3 Å². The Bertz CT molecular complexity index is 1030. The van der Waals surface area contributed by atoms with Crippen LogP contribution in [-0.2, 0) is 13.1 Å². The normalized spacial score (nSPS) is 19.0. The molecular weight excluding hydrogens is 426 g/mol. The van der Waals surface area contributed by atoms with E-state index in [0.717, 1.165) is 62.8 Å². The van der Waals surface area contributed by atoms with Gasteiger partial charge in [0.2, 0.25) is 0 Å². The lowest BCUT2D eigenvalue weighted by Crippen LogP contribution is -2.37. The van der Waals surface area contributed by atoms with Crippen LogP contribution in [0.25, 0.3) is 0 Å². The molecular formula is C28H37N3O3.